The van der Waals surface area contributed by atoms with Gasteiger partial charge in [0.1, 0.15) is 29.3 Å². The van der Waals surface area contributed by atoms with Crippen LogP contribution in [0.15, 0.2) is 36.5 Å². The van der Waals surface area contributed by atoms with Crippen molar-refractivity contribution in [3.8, 4) is 17.4 Å². The summed E-state index contributed by atoms with van der Waals surface area (Å²) in [6, 6.07) is 1.62. The van der Waals surface area contributed by atoms with Gasteiger partial charge in [-0.05, 0) is 94.7 Å². The molecule has 1 saturated heterocycles. The average Bonchev–Trinajstić information content (AvgIpc) is 4.03. The molecule has 3 heterocycles. The second-order valence-corrected chi connectivity index (χ2v) is 19.4. The van der Waals surface area contributed by atoms with Crippen molar-refractivity contribution in [2.24, 2.45) is 17.8 Å². The minimum absolute atomic E-state index is 0.0426. The molecule has 3 fully saturated rings. The first-order valence-electron chi connectivity index (χ1n) is 19.6. The Kier molecular flexibility index (Phi) is 11.6. The van der Waals surface area contributed by atoms with Crippen LogP contribution in [-0.2, 0) is 24.4 Å². The predicted molar refractivity (Wildman–Crippen MR) is 208 cm³/mol. The van der Waals surface area contributed by atoms with Crippen LogP contribution in [0.2, 0.25) is 0 Å². The number of benzene rings is 1. The number of carboxylic acid groups (broad SMARTS) is 1. The highest BCUT2D eigenvalue weighted by Gasteiger charge is 2.64. The van der Waals surface area contributed by atoms with Crippen LogP contribution in [0.5, 0.6) is 17.4 Å². The number of hydrogen-bond acceptors (Lipinski definition) is 10. The summed E-state index contributed by atoms with van der Waals surface area (Å²) < 4.78 is 88.9. The number of halogens is 3. The Hall–Kier alpha value is -4.81. The van der Waals surface area contributed by atoms with Gasteiger partial charge in [0, 0.05) is 23.9 Å². The van der Waals surface area contributed by atoms with Crippen LogP contribution in [0.1, 0.15) is 79.6 Å². The molecule has 4 aliphatic rings. The zero-order valence-electron chi connectivity index (χ0n) is 34.1. The van der Waals surface area contributed by atoms with Crippen molar-refractivity contribution in [1.82, 2.24) is 24.8 Å². The number of allylic oxidation sites excluding steroid dienone is 1. The van der Waals surface area contributed by atoms with Gasteiger partial charge in [-0.2, -0.15) is 13.2 Å². The van der Waals surface area contributed by atoms with E-state index < -0.39 is 85.9 Å². The van der Waals surface area contributed by atoms with Crippen molar-refractivity contribution in [1.29, 1.82) is 0 Å². The van der Waals surface area contributed by atoms with Crippen molar-refractivity contribution < 1.29 is 60.1 Å². The van der Waals surface area contributed by atoms with Crippen molar-refractivity contribution in [3.05, 3.63) is 36.5 Å². The summed E-state index contributed by atoms with van der Waals surface area (Å²) in [7, 11) is -1.21. The van der Waals surface area contributed by atoms with Crippen LogP contribution in [-0.4, -0.2) is 113 Å². The molecule has 2 aromatic rings. The largest absolute Gasteiger partial charge is 0.493 e. The molecule has 59 heavy (non-hydrogen) atoms. The molecule has 19 heteroatoms. The number of fused-ring (bicyclic) bond motifs is 3. The Bertz CT molecular complexity index is 2140. The van der Waals surface area contributed by atoms with Gasteiger partial charge >= 0.3 is 12.3 Å². The lowest BCUT2D eigenvalue weighted by atomic mass is 9.85. The van der Waals surface area contributed by atoms with Gasteiger partial charge < -0.3 is 29.5 Å². The SMILES string of the molecule is COc1cc2ccnc(O[C@@H]3C[C@H]4C(=O)N[C@]5(C(=O)NS(=O)(=O)C6(C)CC6)C[C@H]5C=CCC[C@@H](C)C[C@@H](C)[C@H](N(C(=O)O)C(C)(C)C(F)(F)F)C(=O)N4C3)c2cc1OC. The molecule has 4 amide bonds. The number of pyridine rings is 1. The number of ether oxygens (including phenoxy) is 3. The third-order valence-electron chi connectivity index (χ3n) is 12.5. The highest BCUT2D eigenvalue weighted by molar-refractivity contribution is 7.91. The van der Waals surface area contributed by atoms with Crippen molar-refractivity contribution in [2.75, 3.05) is 20.8 Å². The predicted octanol–water partition coefficient (Wildman–Crippen LogP) is 5.18. The molecule has 6 rings (SSSR count). The number of nitrogens with zero attached hydrogens (tertiary/aromatic N) is 3. The first-order valence-corrected chi connectivity index (χ1v) is 21.1. The van der Waals surface area contributed by atoms with Gasteiger partial charge in [-0.15, -0.1) is 0 Å². The number of sulfonamides is 1. The molecule has 1 aromatic heterocycles. The van der Waals surface area contributed by atoms with Crippen molar-refractivity contribution in [2.45, 2.75) is 120 Å². The number of amides is 4. The van der Waals surface area contributed by atoms with Crippen LogP contribution in [0, 0.1) is 17.8 Å². The van der Waals surface area contributed by atoms with E-state index in [1.165, 1.54) is 34.3 Å². The molecule has 2 aliphatic carbocycles. The molecular formula is C40H52F3N5O10S. The minimum Gasteiger partial charge on any atom is -0.493 e. The third kappa shape index (κ3) is 8.22. The van der Waals surface area contributed by atoms with Crippen LogP contribution in [0.4, 0.5) is 18.0 Å². The fourth-order valence-electron chi connectivity index (χ4n) is 8.31. The number of alkyl halides is 3. The standard InChI is InChI=1S/C40H52F3N5O10S/c1-22-10-8-9-11-25-20-39(25,35(51)46-59(54,55)38(5)13-14-38)45-32(49)28-18-26(58-33-27-19-30(57-7)29(56-6)17-24(27)12-15-44-33)21-47(28)34(50)31(23(2)16-22)48(36(52)53)37(3,4)40(41,42)43/h9,11-12,15,17,19,22-23,25-26,28,31H,8,10,13-14,16,18,20-21H2,1-7H3,(H,45,49)(H,46,51)(H,52,53)/t22-,23-,25-,26-,28+,31+,39-/m1/s1. The molecule has 0 spiro atoms. The van der Waals surface area contributed by atoms with Gasteiger partial charge in [-0.25, -0.2) is 18.2 Å². The van der Waals surface area contributed by atoms with E-state index in [0.717, 1.165) is 4.90 Å². The Labute approximate surface area is 341 Å². The Morgan fingerprint density at radius 1 is 1.08 bits per heavy atom. The second-order valence-electron chi connectivity index (χ2n) is 17.2. The van der Waals surface area contributed by atoms with Crippen LogP contribution in [0.25, 0.3) is 10.8 Å². The first kappa shape index (κ1) is 43.8. The molecule has 0 radical (unpaired) electrons. The third-order valence-corrected chi connectivity index (χ3v) is 14.7. The fourth-order valence-corrected chi connectivity index (χ4v) is 9.62. The molecule has 0 unspecified atom stereocenters. The van der Waals surface area contributed by atoms with E-state index in [-0.39, 0.29) is 42.5 Å². The highest BCUT2D eigenvalue weighted by Crippen LogP contribution is 2.48. The van der Waals surface area contributed by atoms with Crippen LogP contribution >= 0.6 is 0 Å². The smallest absolute Gasteiger partial charge is 0.411 e. The van der Waals surface area contributed by atoms with Gasteiger partial charge in [0.2, 0.25) is 27.7 Å². The normalized spacial score (nSPS) is 28.6. The summed E-state index contributed by atoms with van der Waals surface area (Å²) in [5.41, 5.74) is -4.77. The van der Waals surface area contributed by atoms with E-state index >= 15 is 4.79 Å². The lowest BCUT2D eigenvalue weighted by Crippen LogP contribution is -2.66. The maximum atomic E-state index is 15.0. The summed E-state index contributed by atoms with van der Waals surface area (Å²) in [6.07, 6.45) is -1.49. The zero-order valence-corrected chi connectivity index (χ0v) is 34.9. The van der Waals surface area contributed by atoms with Gasteiger partial charge in [-0.1, -0.05) is 26.0 Å². The molecule has 2 saturated carbocycles. The number of carbonyl (C=O) groups is 4. The van der Waals surface area contributed by atoms with Crippen LogP contribution in [0.3, 0.4) is 0 Å². The maximum absolute atomic E-state index is 15.0. The number of rotatable bonds is 9. The van der Waals surface area contributed by atoms with E-state index in [1.807, 2.05) is 6.92 Å². The second kappa shape index (κ2) is 15.7. The maximum Gasteiger partial charge on any atom is 0.411 e. The molecule has 0 bridgehead atoms. The lowest BCUT2D eigenvalue weighted by Gasteiger charge is -2.45. The van der Waals surface area contributed by atoms with E-state index in [9.17, 15) is 41.1 Å². The van der Waals surface area contributed by atoms with Crippen LogP contribution < -0.4 is 24.2 Å². The van der Waals surface area contributed by atoms with Gasteiger partial charge in [0.25, 0.3) is 5.91 Å². The number of nitrogens with one attached hydrogen (secondary N) is 2. The van der Waals surface area contributed by atoms with E-state index in [0.29, 0.717) is 61.8 Å². The lowest BCUT2D eigenvalue weighted by molar-refractivity contribution is -0.222. The zero-order chi connectivity index (χ0) is 43.5. The quantitative estimate of drug-likeness (QED) is 0.282. The molecule has 3 N–H and O–H groups in total. The molecule has 7 atom stereocenters. The summed E-state index contributed by atoms with van der Waals surface area (Å²) >= 11 is 0. The Balaban J connectivity index is 1.43. The molecule has 15 nitrogen and oxygen atoms in total. The molecular weight excluding hydrogens is 800 g/mol. The molecule has 2 aliphatic heterocycles. The monoisotopic (exact) mass is 851 g/mol. The summed E-state index contributed by atoms with van der Waals surface area (Å²) in [5, 5.41) is 14.3. The number of methoxy groups -OCH3 is 2. The number of carbonyl (C=O) groups excluding carboxylic acids is 3. The van der Waals surface area contributed by atoms with Gasteiger partial charge in [-0.3, -0.25) is 24.0 Å². The fraction of sp³-hybridized carbons (Fsp3) is 0.625. The van der Waals surface area contributed by atoms with Gasteiger partial charge in [0.15, 0.2) is 11.5 Å². The topological polar surface area (TPSA) is 194 Å². The van der Waals surface area contributed by atoms with Crippen molar-refractivity contribution >= 4 is 44.6 Å². The average molecular weight is 852 g/mol. The van der Waals surface area contributed by atoms with E-state index in [1.54, 1.807) is 30.4 Å². The van der Waals surface area contributed by atoms with E-state index in [2.05, 4.69) is 15.0 Å². The Morgan fingerprint density at radius 3 is 2.36 bits per heavy atom. The Morgan fingerprint density at radius 2 is 1.75 bits per heavy atom. The molecule has 1 aromatic carbocycles. The van der Waals surface area contributed by atoms with Gasteiger partial charge in [0.05, 0.1) is 25.5 Å². The first-order chi connectivity index (χ1) is 27.5. The number of aromatic nitrogens is 1. The highest BCUT2D eigenvalue weighted by atomic mass is 32.2. The molecule has 324 valence electrons. The van der Waals surface area contributed by atoms with E-state index in [4.69, 9.17) is 14.2 Å². The summed E-state index contributed by atoms with van der Waals surface area (Å²) in [5.74, 6) is -3.82. The summed E-state index contributed by atoms with van der Waals surface area (Å²) in [6.45, 7) is 5.87. The summed E-state index contributed by atoms with van der Waals surface area (Å²) in [4.78, 5) is 62.0. The number of hydrogen-bond donors (Lipinski definition) is 3. The van der Waals surface area contributed by atoms with Crippen molar-refractivity contribution in [3.63, 3.8) is 0 Å². The minimum atomic E-state index is -5.10.